The Morgan fingerprint density at radius 3 is 2.22 bits per heavy atom. The number of nitrogens with one attached hydrogen (secondary N) is 1. The maximum atomic E-state index is 13.1. The number of amides is 1. The third kappa shape index (κ3) is 12.8. The summed E-state index contributed by atoms with van der Waals surface area (Å²) in [5.41, 5.74) is -0.462. The fraction of sp³-hybridized carbons (Fsp3) is 0.710. The molecule has 0 saturated carbocycles. The van der Waals surface area contributed by atoms with E-state index in [9.17, 15) is 14.4 Å². The first-order valence-corrected chi connectivity index (χ1v) is 14.4. The summed E-state index contributed by atoms with van der Waals surface area (Å²) < 4.78 is 34.8. The van der Waals surface area contributed by atoms with Crippen LogP contribution in [0.15, 0.2) is 30.3 Å². The lowest BCUT2D eigenvalue weighted by atomic mass is 9.91. The number of alkyl carbamates (subject to hydrolysis) is 1. The molecule has 1 N–H and O–H groups in total. The van der Waals surface area contributed by atoms with Gasteiger partial charge in [0.1, 0.15) is 30.3 Å². The van der Waals surface area contributed by atoms with Crippen molar-refractivity contribution in [3.63, 3.8) is 0 Å². The smallest absolute Gasteiger partial charge is 0.407 e. The zero-order chi connectivity index (χ0) is 30.7. The second kappa shape index (κ2) is 15.5. The Hall–Kier alpha value is -2.69. The molecule has 0 spiro atoms. The van der Waals surface area contributed by atoms with Gasteiger partial charge in [0.05, 0.1) is 19.3 Å². The summed E-state index contributed by atoms with van der Waals surface area (Å²) in [6.45, 7) is 14.9. The highest BCUT2D eigenvalue weighted by molar-refractivity contribution is 5.73. The molecule has 2 rings (SSSR count). The van der Waals surface area contributed by atoms with Crippen molar-refractivity contribution in [2.75, 3.05) is 26.4 Å². The molecule has 1 aromatic rings. The molecule has 1 fully saturated rings. The Kier molecular flexibility index (Phi) is 13.1. The van der Waals surface area contributed by atoms with Crippen molar-refractivity contribution in [3.8, 4) is 0 Å². The lowest BCUT2D eigenvalue weighted by Gasteiger charge is -2.44. The molecule has 1 amide bonds. The molecule has 10 heteroatoms. The van der Waals surface area contributed by atoms with E-state index in [0.717, 1.165) is 18.4 Å². The van der Waals surface area contributed by atoms with Crippen LogP contribution in [0.2, 0.25) is 0 Å². The van der Waals surface area contributed by atoms with E-state index >= 15 is 0 Å². The molecule has 41 heavy (non-hydrogen) atoms. The fourth-order valence-electron chi connectivity index (χ4n) is 4.23. The van der Waals surface area contributed by atoms with Crippen LogP contribution in [-0.2, 0) is 44.6 Å². The highest BCUT2D eigenvalue weighted by Gasteiger charge is 2.47. The third-order valence-electron chi connectivity index (χ3n) is 6.36. The van der Waals surface area contributed by atoms with Gasteiger partial charge in [0, 0.05) is 18.9 Å². The molecular weight excluding hydrogens is 530 g/mol. The van der Waals surface area contributed by atoms with Gasteiger partial charge in [-0.25, -0.2) is 9.59 Å². The van der Waals surface area contributed by atoms with Crippen LogP contribution in [-0.4, -0.2) is 67.5 Å². The molecular formula is C31H49NO9. The zero-order valence-corrected chi connectivity index (χ0v) is 25.9. The average Bonchev–Trinajstić information content (AvgIpc) is 2.88. The first kappa shape index (κ1) is 34.5. The number of esters is 2. The maximum Gasteiger partial charge on any atom is 0.407 e. The van der Waals surface area contributed by atoms with Crippen molar-refractivity contribution in [3.05, 3.63) is 35.9 Å². The zero-order valence-electron chi connectivity index (χ0n) is 25.9. The van der Waals surface area contributed by atoms with Crippen LogP contribution < -0.4 is 5.32 Å². The number of rotatable bonds is 13. The van der Waals surface area contributed by atoms with Crippen molar-refractivity contribution < 1.29 is 42.8 Å². The van der Waals surface area contributed by atoms with Gasteiger partial charge in [-0.1, -0.05) is 37.3 Å². The highest BCUT2D eigenvalue weighted by atomic mass is 16.7. The number of ether oxygens (including phenoxy) is 6. The standard InChI is InChI=1S/C31H49NO9/c1-22(19-36-21-26(33)37-20-24-14-10-9-11-15-24)25(18-32-28(35)41-30(6,7)8)39-31(16-12-13-17-38-31)23(2)27(34)40-29(3,4)5/h9-11,14-15,22-23,25H,12-13,16-21H2,1-8H3,(H,32,35). The number of benzene rings is 1. The Balaban J connectivity index is 2.10. The van der Waals surface area contributed by atoms with Crippen molar-refractivity contribution >= 4 is 18.0 Å². The van der Waals surface area contributed by atoms with Crippen LogP contribution in [0, 0.1) is 11.8 Å². The summed E-state index contributed by atoms with van der Waals surface area (Å²) in [4.78, 5) is 37.8. The molecule has 1 saturated heterocycles. The molecule has 0 aromatic heterocycles. The lowest BCUT2D eigenvalue weighted by Crippen LogP contribution is -2.54. The van der Waals surface area contributed by atoms with E-state index in [1.54, 1.807) is 27.7 Å². The minimum atomic E-state index is -1.25. The first-order chi connectivity index (χ1) is 19.1. The predicted octanol–water partition coefficient (Wildman–Crippen LogP) is 5.17. The Bertz CT molecular complexity index is 962. The monoisotopic (exact) mass is 579 g/mol. The van der Waals surface area contributed by atoms with Crippen LogP contribution >= 0.6 is 0 Å². The van der Waals surface area contributed by atoms with Crippen molar-refractivity contribution in [2.24, 2.45) is 11.8 Å². The van der Waals surface area contributed by atoms with E-state index in [0.29, 0.717) is 13.0 Å². The number of hydrogen-bond acceptors (Lipinski definition) is 9. The third-order valence-corrected chi connectivity index (χ3v) is 6.36. The van der Waals surface area contributed by atoms with E-state index < -0.39 is 47.0 Å². The van der Waals surface area contributed by atoms with E-state index in [-0.39, 0.29) is 32.3 Å². The van der Waals surface area contributed by atoms with Gasteiger partial charge < -0.3 is 33.7 Å². The Morgan fingerprint density at radius 1 is 0.976 bits per heavy atom. The highest BCUT2D eigenvalue weighted by Crippen LogP contribution is 2.37. The normalized spacial score (nSPS) is 19.9. The van der Waals surface area contributed by atoms with E-state index in [1.165, 1.54) is 0 Å². The molecule has 0 aliphatic carbocycles. The minimum Gasteiger partial charge on any atom is -0.460 e. The quantitative estimate of drug-likeness (QED) is 0.249. The van der Waals surface area contributed by atoms with E-state index in [2.05, 4.69) is 5.32 Å². The Morgan fingerprint density at radius 2 is 1.63 bits per heavy atom. The van der Waals surface area contributed by atoms with Gasteiger partial charge in [0.15, 0.2) is 5.79 Å². The lowest BCUT2D eigenvalue weighted by molar-refractivity contribution is -0.305. The van der Waals surface area contributed by atoms with Crippen LogP contribution in [0.25, 0.3) is 0 Å². The molecule has 1 aromatic carbocycles. The second-order valence-corrected chi connectivity index (χ2v) is 12.6. The van der Waals surface area contributed by atoms with Crippen molar-refractivity contribution in [1.29, 1.82) is 0 Å². The maximum absolute atomic E-state index is 13.1. The topological polar surface area (TPSA) is 119 Å². The van der Waals surface area contributed by atoms with Gasteiger partial charge in [0.2, 0.25) is 0 Å². The summed E-state index contributed by atoms with van der Waals surface area (Å²) in [5.74, 6) is -3.20. The van der Waals surface area contributed by atoms with Crippen LogP contribution in [0.3, 0.4) is 0 Å². The minimum absolute atomic E-state index is 0.0735. The van der Waals surface area contributed by atoms with Gasteiger partial charge in [-0.3, -0.25) is 4.79 Å². The molecule has 0 radical (unpaired) electrons. The SMILES string of the molecule is CC(COCC(=O)OCc1ccccc1)C(CNC(=O)OC(C)(C)C)OC1(C(C)C(=O)OC(C)(C)C)CCCCO1. The van der Waals surface area contributed by atoms with Gasteiger partial charge >= 0.3 is 18.0 Å². The summed E-state index contributed by atoms with van der Waals surface area (Å²) in [7, 11) is 0. The fourth-order valence-corrected chi connectivity index (χ4v) is 4.23. The molecule has 1 aliphatic heterocycles. The molecule has 4 unspecified atom stereocenters. The van der Waals surface area contributed by atoms with Crippen molar-refractivity contribution in [1.82, 2.24) is 5.32 Å². The summed E-state index contributed by atoms with van der Waals surface area (Å²) in [6, 6.07) is 9.38. The summed E-state index contributed by atoms with van der Waals surface area (Å²) in [6.07, 6.45) is 0.901. The van der Waals surface area contributed by atoms with Crippen LogP contribution in [0.1, 0.15) is 80.2 Å². The molecule has 4 atom stereocenters. The average molecular weight is 580 g/mol. The number of hydrogen-bond donors (Lipinski definition) is 1. The number of carbonyl (C=O) groups excluding carboxylic acids is 3. The van der Waals surface area contributed by atoms with Gasteiger partial charge in [0.25, 0.3) is 0 Å². The summed E-state index contributed by atoms with van der Waals surface area (Å²) in [5, 5.41) is 2.77. The van der Waals surface area contributed by atoms with E-state index in [4.69, 9.17) is 28.4 Å². The Labute approximate surface area is 244 Å². The largest absolute Gasteiger partial charge is 0.460 e. The van der Waals surface area contributed by atoms with Crippen LogP contribution in [0.4, 0.5) is 4.79 Å². The molecule has 10 nitrogen and oxygen atoms in total. The van der Waals surface area contributed by atoms with E-state index in [1.807, 2.05) is 58.0 Å². The molecule has 232 valence electrons. The molecule has 1 aliphatic rings. The van der Waals surface area contributed by atoms with Crippen LogP contribution in [0.5, 0.6) is 0 Å². The van der Waals surface area contributed by atoms with Crippen molar-refractivity contribution in [2.45, 2.75) is 104 Å². The number of carbonyl (C=O) groups is 3. The summed E-state index contributed by atoms with van der Waals surface area (Å²) >= 11 is 0. The van der Waals surface area contributed by atoms with Gasteiger partial charge in [-0.05, 0) is 66.9 Å². The first-order valence-electron chi connectivity index (χ1n) is 14.4. The molecule has 1 heterocycles. The van der Waals surface area contributed by atoms with Gasteiger partial charge in [-0.2, -0.15) is 0 Å². The molecule has 0 bridgehead atoms. The second-order valence-electron chi connectivity index (χ2n) is 12.6. The van der Waals surface area contributed by atoms with Gasteiger partial charge in [-0.15, -0.1) is 0 Å². The predicted molar refractivity (Wildman–Crippen MR) is 153 cm³/mol.